The molecule has 5 heteroatoms. The summed E-state index contributed by atoms with van der Waals surface area (Å²) in [7, 11) is 0. The minimum absolute atomic E-state index is 0.00334. The van der Waals surface area contributed by atoms with Crippen LogP contribution in [0, 0.1) is 0 Å². The lowest BCUT2D eigenvalue weighted by molar-refractivity contribution is 0.0655. The average Bonchev–Trinajstić information content (AvgIpc) is 2.56. The van der Waals surface area contributed by atoms with Gasteiger partial charge in [-0.25, -0.2) is 9.97 Å². The van der Waals surface area contributed by atoms with E-state index in [2.05, 4.69) is 15.3 Å². The van der Waals surface area contributed by atoms with Crippen LogP contribution in [0.3, 0.4) is 0 Å². The number of hydrogen-bond acceptors (Lipinski definition) is 4. The van der Waals surface area contributed by atoms with Crippen molar-refractivity contribution in [2.45, 2.75) is 13.0 Å². The molecule has 1 fully saturated rings. The fourth-order valence-corrected chi connectivity index (χ4v) is 2.48. The molecule has 2 aromatic rings. The maximum Gasteiger partial charge on any atom is 0.257 e. The summed E-state index contributed by atoms with van der Waals surface area (Å²) in [6.45, 7) is 4.43. The van der Waals surface area contributed by atoms with Gasteiger partial charge in [-0.2, -0.15) is 0 Å². The third kappa shape index (κ3) is 2.92. The summed E-state index contributed by atoms with van der Waals surface area (Å²) >= 11 is 0. The van der Waals surface area contributed by atoms with Crippen molar-refractivity contribution in [1.29, 1.82) is 0 Å². The quantitative estimate of drug-likeness (QED) is 0.908. The average molecular weight is 282 g/mol. The van der Waals surface area contributed by atoms with Crippen molar-refractivity contribution in [3.8, 4) is 11.4 Å². The third-order valence-electron chi connectivity index (χ3n) is 3.69. The largest absolute Gasteiger partial charge is 0.333 e. The third-order valence-corrected chi connectivity index (χ3v) is 3.69. The van der Waals surface area contributed by atoms with Crippen molar-refractivity contribution < 1.29 is 4.79 Å². The zero-order chi connectivity index (χ0) is 14.7. The van der Waals surface area contributed by atoms with E-state index in [9.17, 15) is 4.79 Å². The molecule has 1 saturated heterocycles. The van der Waals surface area contributed by atoms with E-state index >= 15 is 0 Å². The predicted octanol–water partition coefficient (Wildman–Crippen LogP) is 1.58. The minimum atomic E-state index is 0.00334. The van der Waals surface area contributed by atoms with Crippen LogP contribution in [0.4, 0.5) is 0 Å². The summed E-state index contributed by atoms with van der Waals surface area (Å²) in [5.41, 5.74) is 1.50. The lowest BCUT2D eigenvalue weighted by atomic mass is 10.1. The van der Waals surface area contributed by atoms with Gasteiger partial charge in [0.25, 0.3) is 5.91 Å². The Labute approximate surface area is 124 Å². The van der Waals surface area contributed by atoms with Crippen LogP contribution in [0.15, 0.2) is 42.7 Å². The number of piperazine rings is 1. The van der Waals surface area contributed by atoms with Crippen molar-refractivity contribution >= 4 is 5.91 Å². The molecule has 1 amide bonds. The molecule has 0 radical (unpaired) electrons. The Bertz CT molecular complexity index is 612. The van der Waals surface area contributed by atoms with E-state index in [1.54, 1.807) is 12.4 Å². The standard InChI is InChI=1S/C16H18N4O/c1-12-9-17-7-8-20(12)16(21)14-10-18-15(19-11-14)13-5-3-2-4-6-13/h2-6,10-12,17H,7-9H2,1H3/t12-/m0/s1. The second-order valence-corrected chi connectivity index (χ2v) is 5.21. The Morgan fingerprint density at radius 3 is 2.62 bits per heavy atom. The molecule has 108 valence electrons. The molecule has 1 atom stereocenters. The summed E-state index contributed by atoms with van der Waals surface area (Å²) in [6, 6.07) is 9.94. The Morgan fingerprint density at radius 1 is 1.24 bits per heavy atom. The number of amides is 1. The van der Waals surface area contributed by atoms with E-state index in [0.717, 1.165) is 25.2 Å². The number of nitrogens with zero attached hydrogens (tertiary/aromatic N) is 3. The molecule has 1 aromatic heterocycles. The van der Waals surface area contributed by atoms with Crippen LogP contribution >= 0.6 is 0 Å². The predicted molar refractivity (Wildman–Crippen MR) is 80.8 cm³/mol. The van der Waals surface area contributed by atoms with E-state index in [0.29, 0.717) is 11.4 Å². The normalized spacial score (nSPS) is 18.5. The summed E-state index contributed by atoms with van der Waals surface area (Å²) in [4.78, 5) is 23.0. The Kier molecular flexibility index (Phi) is 3.92. The van der Waals surface area contributed by atoms with Crippen LogP contribution in [-0.2, 0) is 0 Å². The van der Waals surface area contributed by atoms with E-state index in [-0.39, 0.29) is 11.9 Å². The highest BCUT2D eigenvalue weighted by molar-refractivity contribution is 5.94. The molecular weight excluding hydrogens is 264 g/mol. The minimum Gasteiger partial charge on any atom is -0.333 e. The summed E-state index contributed by atoms with van der Waals surface area (Å²) < 4.78 is 0. The zero-order valence-electron chi connectivity index (χ0n) is 12.0. The van der Waals surface area contributed by atoms with Crippen LogP contribution in [-0.4, -0.2) is 46.5 Å². The molecular formula is C16H18N4O. The van der Waals surface area contributed by atoms with Crippen LogP contribution in [0.5, 0.6) is 0 Å². The van der Waals surface area contributed by atoms with Crippen LogP contribution < -0.4 is 5.32 Å². The SMILES string of the molecule is C[C@H]1CNCCN1C(=O)c1cnc(-c2ccccc2)nc1. The molecule has 0 bridgehead atoms. The van der Waals surface area contributed by atoms with Gasteiger partial charge < -0.3 is 10.2 Å². The lowest BCUT2D eigenvalue weighted by Crippen LogP contribution is -2.52. The molecule has 0 aliphatic carbocycles. The second kappa shape index (κ2) is 6.01. The van der Waals surface area contributed by atoms with Crippen LogP contribution in [0.1, 0.15) is 17.3 Å². The van der Waals surface area contributed by atoms with E-state index in [4.69, 9.17) is 0 Å². The number of carbonyl (C=O) groups is 1. The van der Waals surface area contributed by atoms with Crippen LogP contribution in [0.25, 0.3) is 11.4 Å². The van der Waals surface area contributed by atoms with E-state index in [1.807, 2.05) is 42.2 Å². The second-order valence-electron chi connectivity index (χ2n) is 5.21. The molecule has 1 N–H and O–H groups in total. The smallest absolute Gasteiger partial charge is 0.257 e. The maximum absolute atomic E-state index is 12.5. The zero-order valence-corrected chi connectivity index (χ0v) is 12.0. The van der Waals surface area contributed by atoms with Gasteiger partial charge in [-0.3, -0.25) is 4.79 Å². The Balaban J connectivity index is 1.79. The van der Waals surface area contributed by atoms with Gasteiger partial charge in [0.15, 0.2) is 5.82 Å². The van der Waals surface area contributed by atoms with Gasteiger partial charge in [-0.05, 0) is 6.92 Å². The number of hydrogen-bond donors (Lipinski definition) is 1. The first kappa shape index (κ1) is 13.7. The number of carbonyl (C=O) groups excluding carboxylic acids is 1. The van der Waals surface area contributed by atoms with Gasteiger partial charge in [-0.1, -0.05) is 30.3 Å². The molecule has 0 spiro atoms. The monoisotopic (exact) mass is 282 g/mol. The molecule has 1 aliphatic heterocycles. The number of benzene rings is 1. The van der Waals surface area contributed by atoms with E-state index < -0.39 is 0 Å². The fourth-order valence-electron chi connectivity index (χ4n) is 2.48. The molecule has 0 saturated carbocycles. The van der Waals surface area contributed by atoms with Crippen LogP contribution in [0.2, 0.25) is 0 Å². The van der Waals surface area contributed by atoms with Crippen molar-refractivity contribution in [3.05, 3.63) is 48.3 Å². The maximum atomic E-state index is 12.5. The van der Waals surface area contributed by atoms with Crippen molar-refractivity contribution in [2.75, 3.05) is 19.6 Å². The van der Waals surface area contributed by atoms with Gasteiger partial charge in [0.2, 0.25) is 0 Å². The number of rotatable bonds is 2. The molecule has 0 unspecified atom stereocenters. The molecule has 1 aliphatic rings. The first-order valence-electron chi connectivity index (χ1n) is 7.15. The summed E-state index contributed by atoms with van der Waals surface area (Å²) in [6.07, 6.45) is 3.23. The van der Waals surface area contributed by atoms with Gasteiger partial charge in [-0.15, -0.1) is 0 Å². The molecule has 5 nitrogen and oxygen atoms in total. The topological polar surface area (TPSA) is 58.1 Å². The molecule has 21 heavy (non-hydrogen) atoms. The first-order valence-corrected chi connectivity index (χ1v) is 7.15. The highest BCUT2D eigenvalue weighted by Gasteiger charge is 2.24. The van der Waals surface area contributed by atoms with Crippen molar-refractivity contribution in [1.82, 2.24) is 20.2 Å². The molecule has 1 aromatic carbocycles. The highest BCUT2D eigenvalue weighted by atomic mass is 16.2. The van der Waals surface area contributed by atoms with Crippen molar-refractivity contribution in [3.63, 3.8) is 0 Å². The Morgan fingerprint density at radius 2 is 1.95 bits per heavy atom. The highest BCUT2D eigenvalue weighted by Crippen LogP contribution is 2.15. The van der Waals surface area contributed by atoms with Gasteiger partial charge in [0.05, 0.1) is 5.56 Å². The lowest BCUT2D eigenvalue weighted by Gasteiger charge is -2.33. The van der Waals surface area contributed by atoms with Gasteiger partial charge in [0.1, 0.15) is 0 Å². The number of aromatic nitrogens is 2. The van der Waals surface area contributed by atoms with Gasteiger partial charge in [0, 0.05) is 43.6 Å². The first-order chi connectivity index (χ1) is 10.3. The fraction of sp³-hybridized carbons (Fsp3) is 0.312. The van der Waals surface area contributed by atoms with E-state index in [1.165, 1.54) is 0 Å². The number of nitrogens with one attached hydrogen (secondary N) is 1. The molecule has 3 rings (SSSR count). The Hall–Kier alpha value is -2.27. The van der Waals surface area contributed by atoms with Gasteiger partial charge >= 0.3 is 0 Å². The van der Waals surface area contributed by atoms with Crippen molar-refractivity contribution in [2.24, 2.45) is 0 Å². The summed E-state index contributed by atoms with van der Waals surface area (Å²) in [5.74, 6) is 0.643. The molecule has 2 heterocycles. The summed E-state index contributed by atoms with van der Waals surface area (Å²) in [5, 5.41) is 3.28.